The minimum atomic E-state index is -0.495. The van der Waals surface area contributed by atoms with Crippen LogP contribution in [0.15, 0.2) is 36.4 Å². The van der Waals surface area contributed by atoms with E-state index in [4.69, 9.17) is 17.3 Å². The van der Waals surface area contributed by atoms with Crippen LogP contribution in [0.3, 0.4) is 0 Å². The van der Waals surface area contributed by atoms with Crippen molar-refractivity contribution in [1.82, 2.24) is 0 Å². The average Bonchev–Trinajstić information content (AvgIpc) is 2.48. The Morgan fingerprint density at radius 2 is 1.80 bits per heavy atom. The Kier molecular flexibility index (Phi) is 4.79. The van der Waals surface area contributed by atoms with Crippen LogP contribution in [0.2, 0.25) is 5.02 Å². The molecule has 2 rings (SSSR count). The maximum absolute atomic E-state index is 14.1. The molecule has 2 aromatic carbocycles. The van der Waals surface area contributed by atoms with E-state index >= 15 is 0 Å². The maximum Gasteiger partial charge on any atom is 0.146 e. The molecule has 0 saturated heterocycles. The quantitative estimate of drug-likeness (QED) is 0.871. The highest BCUT2D eigenvalue weighted by atomic mass is 35.5. The monoisotopic (exact) mass is 291 g/mol. The number of benzene rings is 2. The van der Waals surface area contributed by atoms with Gasteiger partial charge in [-0.05, 0) is 35.6 Å². The van der Waals surface area contributed by atoms with E-state index in [0.29, 0.717) is 5.56 Å². The molecule has 2 aromatic rings. The van der Waals surface area contributed by atoms with Crippen LogP contribution >= 0.6 is 11.6 Å². The number of hydrogen-bond acceptors (Lipinski definition) is 1. The van der Waals surface area contributed by atoms with Crippen LogP contribution in [0.25, 0.3) is 0 Å². The molecule has 1 unspecified atom stereocenters. The third-order valence-corrected chi connectivity index (χ3v) is 3.96. The van der Waals surface area contributed by atoms with E-state index < -0.39 is 11.9 Å². The van der Waals surface area contributed by atoms with Crippen molar-refractivity contribution < 1.29 is 4.39 Å². The highest BCUT2D eigenvalue weighted by molar-refractivity contribution is 6.30. The molecule has 2 N–H and O–H groups in total. The normalized spacial score (nSPS) is 12.4. The molecule has 0 fully saturated rings. The minimum absolute atomic E-state index is 0.110. The molecule has 1 nitrogen and oxygen atoms in total. The molecule has 0 amide bonds. The summed E-state index contributed by atoms with van der Waals surface area (Å²) in [7, 11) is 0. The Balaban J connectivity index is 2.43. The molecule has 3 heteroatoms. The molecule has 106 valence electrons. The van der Waals surface area contributed by atoms with Gasteiger partial charge < -0.3 is 5.73 Å². The van der Waals surface area contributed by atoms with Crippen LogP contribution in [0.1, 0.15) is 42.1 Å². The van der Waals surface area contributed by atoms with Crippen LogP contribution in [-0.4, -0.2) is 0 Å². The summed E-state index contributed by atoms with van der Waals surface area (Å²) in [5.41, 5.74) is 10.1. The summed E-state index contributed by atoms with van der Waals surface area (Å²) in [6, 6.07) is 10.6. The second-order valence-corrected chi connectivity index (χ2v) is 5.26. The van der Waals surface area contributed by atoms with Crippen LogP contribution in [-0.2, 0) is 12.8 Å². The highest BCUT2D eigenvalue weighted by Crippen LogP contribution is 2.27. The largest absolute Gasteiger partial charge is 0.320 e. The summed E-state index contributed by atoms with van der Waals surface area (Å²) in [4.78, 5) is 0. The lowest BCUT2D eigenvalue weighted by Gasteiger charge is -2.16. The SMILES string of the molecule is CCc1ccc(C(N)c2cccc(Cl)c2F)cc1CC. The summed E-state index contributed by atoms with van der Waals surface area (Å²) < 4.78 is 14.1. The molecule has 0 saturated carbocycles. The third-order valence-electron chi connectivity index (χ3n) is 3.67. The van der Waals surface area contributed by atoms with Gasteiger partial charge in [0.05, 0.1) is 11.1 Å². The molecular formula is C17H19ClFN. The lowest BCUT2D eigenvalue weighted by molar-refractivity contribution is 0.600. The van der Waals surface area contributed by atoms with Gasteiger partial charge in [-0.25, -0.2) is 4.39 Å². The van der Waals surface area contributed by atoms with Gasteiger partial charge in [0.15, 0.2) is 0 Å². The fraction of sp³-hybridized carbons (Fsp3) is 0.294. The Morgan fingerprint density at radius 1 is 1.10 bits per heavy atom. The van der Waals surface area contributed by atoms with Crippen molar-refractivity contribution >= 4 is 11.6 Å². The van der Waals surface area contributed by atoms with Gasteiger partial charge in [-0.3, -0.25) is 0 Å². The first-order valence-electron chi connectivity index (χ1n) is 6.89. The molecule has 0 aliphatic heterocycles. The van der Waals surface area contributed by atoms with Gasteiger partial charge in [0, 0.05) is 5.56 Å². The molecule has 0 spiro atoms. The topological polar surface area (TPSA) is 26.0 Å². The van der Waals surface area contributed by atoms with Crippen molar-refractivity contribution in [2.75, 3.05) is 0 Å². The van der Waals surface area contributed by atoms with Crippen molar-refractivity contribution in [2.45, 2.75) is 32.7 Å². The van der Waals surface area contributed by atoms with E-state index in [-0.39, 0.29) is 5.02 Å². The van der Waals surface area contributed by atoms with Crippen molar-refractivity contribution in [3.63, 3.8) is 0 Å². The second-order valence-electron chi connectivity index (χ2n) is 4.86. The molecule has 0 radical (unpaired) electrons. The van der Waals surface area contributed by atoms with Gasteiger partial charge in [-0.15, -0.1) is 0 Å². The standard InChI is InChI=1S/C17H19ClFN/c1-3-11-8-9-13(10-12(11)4-2)17(20)14-6-5-7-15(18)16(14)19/h5-10,17H,3-4,20H2,1-2H3. The lowest BCUT2D eigenvalue weighted by Crippen LogP contribution is -2.14. The molecule has 20 heavy (non-hydrogen) atoms. The van der Waals surface area contributed by atoms with E-state index in [1.54, 1.807) is 12.1 Å². The predicted molar refractivity (Wildman–Crippen MR) is 82.6 cm³/mol. The van der Waals surface area contributed by atoms with Gasteiger partial charge in [-0.1, -0.05) is 55.8 Å². The zero-order valence-electron chi connectivity index (χ0n) is 11.8. The summed E-state index contributed by atoms with van der Waals surface area (Å²) in [5.74, 6) is -0.431. The molecular weight excluding hydrogens is 273 g/mol. The fourth-order valence-corrected chi connectivity index (χ4v) is 2.64. The van der Waals surface area contributed by atoms with Crippen molar-refractivity contribution in [1.29, 1.82) is 0 Å². The summed E-state index contributed by atoms with van der Waals surface area (Å²) in [5, 5.41) is 0.110. The lowest BCUT2D eigenvalue weighted by atomic mass is 9.93. The summed E-state index contributed by atoms with van der Waals surface area (Å²) in [6.45, 7) is 4.24. The van der Waals surface area contributed by atoms with Crippen molar-refractivity contribution in [2.24, 2.45) is 5.73 Å². The first-order chi connectivity index (χ1) is 9.58. The average molecular weight is 292 g/mol. The number of halogens is 2. The van der Waals surface area contributed by atoms with E-state index in [1.165, 1.54) is 17.2 Å². The Morgan fingerprint density at radius 3 is 2.45 bits per heavy atom. The Bertz CT molecular complexity index is 610. The predicted octanol–water partition coefficient (Wildman–Crippen LogP) is 4.65. The first kappa shape index (κ1) is 15.0. The van der Waals surface area contributed by atoms with E-state index in [2.05, 4.69) is 26.0 Å². The van der Waals surface area contributed by atoms with Gasteiger partial charge in [0.25, 0.3) is 0 Å². The van der Waals surface area contributed by atoms with E-state index in [9.17, 15) is 4.39 Å². The molecule has 0 heterocycles. The zero-order valence-corrected chi connectivity index (χ0v) is 12.5. The molecule has 0 aliphatic carbocycles. The zero-order chi connectivity index (χ0) is 14.7. The number of aryl methyl sites for hydroxylation is 2. The molecule has 1 atom stereocenters. The van der Waals surface area contributed by atoms with Crippen LogP contribution < -0.4 is 5.73 Å². The van der Waals surface area contributed by atoms with Gasteiger partial charge in [0.1, 0.15) is 5.82 Å². The van der Waals surface area contributed by atoms with Crippen LogP contribution in [0, 0.1) is 5.82 Å². The van der Waals surface area contributed by atoms with Gasteiger partial charge in [-0.2, -0.15) is 0 Å². The van der Waals surface area contributed by atoms with E-state index in [1.807, 2.05) is 6.07 Å². The molecule has 0 aromatic heterocycles. The fourth-order valence-electron chi connectivity index (χ4n) is 2.45. The number of rotatable bonds is 4. The van der Waals surface area contributed by atoms with Crippen molar-refractivity contribution in [3.05, 3.63) is 69.5 Å². The third kappa shape index (κ3) is 2.87. The highest BCUT2D eigenvalue weighted by Gasteiger charge is 2.16. The van der Waals surface area contributed by atoms with Crippen molar-refractivity contribution in [3.8, 4) is 0 Å². The second kappa shape index (κ2) is 6.38. The number of hydrogen-bond donors (Lipinski definition) is 1. The molecule has 0 aliphatic rings. The summed E-state index contributed by atoms with van der Waals surface area (Å²) in [6.07, 6.45) is 1.94. The smallest absolute Gasteiger partial charge is 0.146 e. The van der Waals surface area contributed by atoms with Crippen LogP contribution in [0.5, 0.6) is 0 Å². The maximum atomic E-state index is 14.1. The number of nitrogens with two attached hydrogens (primary N) is 1. The molecule has 0 bridgehead atoms. The Hall–Kier alpha value is -1.38. The van der Waals surface area contributed by atoms with Gasteiger partial charge >= 0.3 is 0 Å². The minimum Gasteiger partial charge on any atom is -0.320 e. The van der Waals surface area contributed by atoms with Gasteiger partial charge in [0.2, 0.25) is 0 Å². The first-order valence-corrected chi connectivity index (χ1v) is 7.27. The Labute approximate surface area is 124 Å². The summed E-state index contributed by atoms with van der Waals surface area (Å²) >= 11 is 5.82. The van der Waals surface area contributed by atoms with E-state index in [0.717, 1.165) is 18.4 Å². The van der Waals surface area contributed by atoms with Crippen LogP contribution in [0.4, 0.5) is 4.39 Å².